The molecule has 0 unspecified atom stereocenters. The van der Waals surface area contributed by atoms with E-state index >= 15 is 0 Å². The highest BCUT2D eigenvalue weighted by Gasteiger charge is 2.04. The first-order valence-electron chi connectivity index (χ1n) is 4.98. The minimum Gasteiger partial charge on any atom is -0.404 e. The van der Waals surface area contributed by atoms with Crippen LogP contribution >= 0.6 is 0 Å². The van der Waals surface area contributed by atoms with Gasteiger partial charge in [0.05, 0.1) is 11.9 Å². The molecule has 2 aromatic heterocycles. The van der Waals surface area contributed by atoms with Crippen molar-refractivity contribution in [2.45, 2.75) is 0 Å². The van der Waals surface area contributed by atoms with Gasteiger partial charge in [0.2, 0.25) is 0 Å². The second kappa shape index (κ2) is 4.56. The molecule has 0 saturated heterocycles. The Labute approximate surface area is 98.1 Å². The fraction of sp³-hybridized carbons (Fsp3) is 0.0909. The van der Waals surface area contributed by atoms with E-state index in [0.717, 1.165) is 0 Å². The van der Waals surface area contributed by atoms with E-state index in [1.807, 2.05) is 0 Å². The lowest BCUT2D eigenvalue weighted by Gasteiger charge is -2.02. The van der Waals surface area contributed by atoms with Crippen LogP contribution in [-0.4, -0.2) is 28.2 Å². The highest BCUT2D eigenvalue weighted by molar-refractivity contribution is 6.08. The molecule has 0 saturated carbocycles. The molecule has 0 aliphatic carbocycles. The number of pyridine rings is 1. The van der Waals surface area contributed by atoms with Gasteiger partial charge in [0.1, 0.15) is 11.3 Å². The van der Waals surface area contributed by atoms with Crippen LogP contribution in [0.2, 0.25) is 0 Å². The van der Waals surface area contributed by atoms with E-state index in [4.69, 9.17) is 11.5 Å². The monoisotopic (exact) mass is 228 g/mol. The van der Waals surface area contributed by atoms with Gasteiger partial charge in [-0.05, 0) is 12.1 Å². The minimum atomic E-state index is 0.409. The summed E-state index contributed by atoms with van der Waals surface area (Å²) in [6.07, 6.45) is 4.66. The smallest absolute Gasteiger partial charge is 0.180 e. The van der Waals surface area contributed by atoms with Crippen LogP contribution in [0.15, 0.2) is 29.5 Å². The quantitative estimate of drug-likeness (QED) is 0.733. The number of rotatable bonds is 2. The minimum absolute atomic E-state index is 0.409. The fourth-order valence-electron chi connectivity index (χ4n) is 1.39. The molecule has 86 valence electrons. The first kappa shape index (κ1) is 11.0. The Hall–Kier alpha value is -2.50. The van der Waals surface area contributed by atoms with Crippen LogP contribution in [-0.2, 0) is 0 Å². The molecule has 0 aliphatic heterocycles. The van der Waals surface area contributed by atoms with Gasteiger partial charge in [-0.15, -0.1) is 0 Å². The third-order valence-electron chi connectivity index (χ3n) is 2.17. The van der Waals surface area contributed by atoms with Crippen LogP contribution in [0.1, 0.15) is 5.69 Å². The van der Waals surface area contributed by atoms with Gasteiger partial charge in [0.15, 0.2) is 5.65 Å². The number of nitrogens with two attached hydrogens (primary N) is 2. The molecule has 0 atom stereocenters. The molecule has 0 radical (unpaired) electrons. The number of hydrogen-bond acceptors (Lipinski definition) is 6. The molecular formula is C11H12N6. The summed E-state index contributed by atoms with van der Waals surface area (Å²) in [7, 11) is 1.66. The van der Waals surface area contributed by atoms with E-state index in [9.17, 15) is 0 Å². The second-order valence-corrected chi connectivity index (χ2v) is 3.34. The molecule has 0 bridgehead atoms. The first-order valence-corrected chi connectivity index (χ1v) is 4.98. The SMILES string of the molecule is CN=CC(=CN)c1cnc2ccc(N)nc2n1. The maximum atomic E-state index is 5.60. The maximum absolute atomic E-state index is 5.60. The maximum Gasteiger partial charge on any atom is 0.180 e. The number of anilines is 1. The fourth-order valence-corrected chi connectivity index (χ4v) is 1.39. The van der Waals surface area contributed by atoms with Crippen LogP contribution in [0.4, 0.5) is 5.82 Å². The normalized spacial score (nSPS) is 12.4. The summed E-state index contributed by atoms with van der Waals surface area (Å²) in [6, 6.07) is 3.46. The molecule has 2 heterocycles. The van der Waals surface area contributed by atoms with Crippen molar-refractivity contribution in [3.63, 3.8) is 0 Å². The highest BCUT2D eigenvalue weighted by atomic mass is 14.9. The Morgan fingerprint density at radius 1 is 1.35 bits per heavy atom. The summed E-state index contributed by atoms with van der Waals surface area (Å²) in [5, 5.41) is 0. The van der Waals surface area contributed by atoms with Crippen LogP contribution < -0.4 is 11.5 Å². The summed E-state index contributed by atoms with van der Waals surface area (Å²) >= 11 is 0. The number of fused-ring (bicyclic) bond motifs is 1. The van der Waals surface area contributed by atoms with Crippen molar-refractivity contribution >= 4 is 28.8 Å². The molecule has 0 aliphatic rings. The predicted molar refractivity (Wildman–Crippen MR) is 68.3 cm³/mol. The van der Waals surface area contributed by atoms with Crippen molar-refractivity contribution in [2.24, 2.45) is 10.7 Å². The van der Waals surface area contributed by atoms with Gasteiger partial charge in [-0.1, -0.05) is 0 Å². The van der Waals surface area contributed by atoms with Crippen molar-refractivity contribution in [1.29, 1.82) is 0 Å². The Balaban J connectivity index is 2.57. The summed E-state index contributed by atoms with van der Waals surface area (Å²) < 4.78 is 0. The third-order valence-corrected chi connectivity index (χ3v) is 2.17. The van der Waals surface area contributed by atoms with Crippen LogP contribution in [0, 0.1) is 0 Å². The van der Waals surface area contributed by atoms with E-state index in [1.54, 1.807) is 31.6 Å². The predicted octanol–water partition coefficient (Wildman–Crippen LogP) is 0.607. The van der Waals surface area contributed by atoms with Gasteiger partial charge in [-0.2, -0.15) is 0 Å². The number of allylic oxidation sites excluding steroid dienone is 1. The third kappa shape index (κ3) is 2.20. The zero-order valence-corrected chi connectivity index (χ0v) is 9.33. The Morgan fingerprint density at radius 3 is 2.88 bits per heavy atom. The summed E-state index contributed by atoms with van der Waals surface area (Å²) in [4.78, 5) is 16.6. The number of nitrogens with zero attached hydrogens (tertiary/aromatic N) is 4. The van der Waals surface area contributed by atoms with Crippen molar-refractivity contribution in [1.82, 2.24) is 15.0 Å². The molecule has 4 N–H and O–H groups in total. The molecule has 0 amide bonds. The van der Waals surface area contributed by atoms with Gasteiger partial charge >= 0.3 is 0 Å². The lowest BCUT2D eigenvalue weighted by molar-refractivity contribution is 1.20. The molecule has 6 heteroatoms. The molecule has 0 fully saturated rings. The molecule has 6 nitrogen and oxygen atoms in total. The molecule has 0 aromatic carbocycles. The van der Waals surface area contributed by atoms with Crippen LogP contribution in [0.5, 0.6) is 0 Å². The van der Waals surface area contributed by atoms with E-state index in [1.165, 1.54) is 6.20 Å². The lowest BCUT2D eigenvalue weighted by atomic mass is 10.2. The molecule has 17 heavy (non-hydrogen) atoms. The molecular weight excluding hydrogens is 216 g/mol. The largest absolute Gasteiger partial charge is 0.404 e. The zero-order chi connectivity index (χ0) is 12.3. The van der Waals surface area contributed by atoms with E-state index in [2.05, 4.69) is 19.9 Å². The van der Waals surface area contributed by atoms with Crippen molar-refractivity contribution in [2.75, 3.05) is 12.8 Å². The zero-order valence-electron chi connectivity index (χ0n) is 9.33. The van der Waals surface area contributed by atoms with Crippen molar-refractivity contribution in [3.8, 4) is 0 Å². The first-order chi connectivity index (χ1) is 8.24. The Kier molecular flexibility index (Phi) is 2.95. The number of nitrogen functional groups attached to an aromatic ring is 1. The van der Waals surface area contributed by atoms with Crippen molar-refractivity contribution < 1.29 is 0 Å². The average Bonchev–Trinajstić information content (AvgIpc) is 2.35. The Morgan fingerprint density at radius 2 is 2.18 bits per heavy atom. The lowest BCUT2D eigenvalue weighted by Crippen LogP contribution is -1.99. The average molecular weight is 228 g/mol. The summed E-state index contributed by atoms with van der Waals surface area (Å²) in [5.74, 6) is 0.409. The van der Waals surface area contributed by atoms with E-state index in [0.29, 0.717) is 28.2 Å². The Bertz CT molecular complexity index is 602. The van der Waals surface area contributed by atoms with Crippen molar-refractivity contribution in [3.05, 3.63) is 30.2 Å². The highest BCUT2D eigenvalue weighted by Crippen LogP contribution is 2.13. The number of aliphatic imine (C=N–C) groups is 1. The van der Waals surface area contributed by atoms with Crippen LogP contribution in [0.25, 0.3) is 16.7 Å². The molecule has 0 spiro atoms. The van der Waals surface area contributed by atoms with Gasteiger partial charge in [0.25, 0.3) is 0 Å². The summed E-state index contributed by atoms with van der Waals surface area (Å²) in [5.41, 5.74) is 13.6. The summed E-state index contributed by atoms with van der Waals surface area (Å²) in [6.45, 7) is 0. The molecule has 2 aromatic rings. The number of hydrogen-bond donors (Lipinski definition) is 2. The van der Waals surface area contributed by atoms with Gasteiger partial charge in [0, 0.05) is 25.0 Å². The standard InChI is InChI=1S/C11H12N6/c1-14-5-7(4-12)9-6-15-8-2-3-10(13)17-11(8)16-9/h2-6H,12H2,1H3,(H2,13,16,17). The second-order valence-electron chi connectivity index (χ2n) is 3.34. The number of aromatic nitrogens is 3. The van der Waals surface area contributed by atoms with E-state index < -0.39 is 0 Å². The molecule has 2 rings (SSSR count). The van der Waals surface area contributed by atoms with Gasteiger partial charge in [-0.3, -0.25) is 9.98 Å². The van der Waals surface area contributed by atoms with Gasteiger partial charge in [-0.25, -0.2) is 9.97 Å². The van der Waals surface area contributed by atoms with Gasteiger partial charge < -0.3 is 11.5 Å². The topological polar surface area (TPSA) is 103 Å². The van der Waals surface area contributed by atoms with Crippen LogP contribution in [0.3, 0.4) is 0 Å². The van der Waals surface area contributed by atoms with E-state index in [-0.39, 0.29) is 0 Å².